The Morgan fingerprint density at radius 3 is 2.33 bits per heavy atom. The first-order valence-corrected chi connectivity index (χ1v) is 8.75. The molecule has 1 aliphatic rings. The van der Waals surface area contributed by atoms with Gasteiger partial charge in [0.15, 0.2) is 0 Å². The Bertz CT molecular complexity index is 677. The van der Waals surface area contributed by atoms with Crippen molar-refractivity contribution in [2.24, 2.45) is 0 Å². The first kappa shape index (κ1) is 17.0. The van der Waals surface area contributed by atoms with Gasteiger partial charge in [-0.05, 0) is 61.4 Å². The summed E-state index contributed by atoms with van der Waals surface area (Å²) in [7, 11) is 0. The van der Waals surface area contributed by atoms with Gasteiger partial charge >= 0.3 is 0 Å². The molecule has 1 aliphatic carbocycles. The second-order valence-corrected chi connectivity index (χ2v) is 7.08. The lowest BCUT2D eigenvalue weighted by molar-refractivity contribution is -0.122. The number of hydrogen-bond acceptors (Lipinski definition) is 2. The van der Waals surface area contributed by atoms with E-state index in [-0.39, 0.29) is 12.3 Å². The molecular formula is C20H22ClNO2. The molecule has 3 nitrogen and oxygen atoms in total. The fraction of sp³-hybridized carbons (Fsp3) is 0.350. The van der Waals surface area contributed by atoms with Gasteiger partial charge in [0.1, 0.15) is 0 Å². The number of anilines is 1. The molecule has 0 heterocycles. The van der Waals surface area contributed by atoms with Crippen LogP contribution in [0.4, 0.5) is 5.69 Å². The highest BCUT2D eigenvalue weighted by molar-refractivity contribution is 6.30. The standard InChI is InChI=1S/C20H22ClNO2/c21-17-6-8-18(9-7-17)22-19(23)14-20(24)12-10-16(11-13-20)15-4-2-1-3-5-15/h1-9,16,24H,10-14H2,(H,22,23)/t16-,20+. The average molecular weight is 344 g/mol. The van der Waals surface area contributed by atoms with Crippen molar-refractivity contribution in [3.63, 3.8) is 0 Å². The van der Waals surface area contributed by atoms with Gasteiger partial charge in [-0.3, -0.25) is 4.79 Å². The highest BCUT2D eigenvalue weighted by atomic mass is 35.5. The van der Waals surface area contributed by atoms with Gasteiger partial charge in [0.25, 0.3) is 0 Å². The molecule has 126 valence electrons. The summed E-state index contributed by atoms with van der Waals surface area (Å²) in [6, 6.07) is 17.4. The van der Waals surface area contributed by atoms with E-state index < -0.39 is 5.60 Å². The van der Waals surface area contributed by atoms with Crippen LogP contribution in [0.2, 0.25) is 5.02 Å². The van der Waals surface area contributed by atoms with E-state index in [0.717, 1.165) is 12.8 Å². The molecule has 0 bridgehead atoms. The van der Waals surface area contributed by atoms with Crippen molar-refractivity contribution in [1.82, 2.24) is 0 Å². The monoisotopic (exact) mass is 343 g/mol. The van der Waals surface area contributed by atoms with E-state index in [1.165, 1.54) is 5.56 Å². The highest BCUT2D eigenvalue weighted by Crippen LogP contribution is 2.39. The topological polar surface area (TPSA) is 49.3 Å². The zero-order valence-electron chi connectivity index (χ0n) is 13.5. The lowest BCUT2D eigenvalue weighted by atomic mass is 9.74. The van der Waals surface area contributed by atoms with Crippen LogP contribution >= 0.6 is 11.6 Å². The number of benzene rings is 2. The Morgan fingerprint density at radius 1 is 1.08 bits per heavy atom. The quantitative estimate of drug-likeness (QED) is 0.841. The van der Waals surface area contributed by atoms with Crippen LogP contribution in [0.15, 0.2) is 54.6 Å². The summed E-state index contributed by atoms with van der Waals surface area (Å²) >= 11 is 5.84. The predicted molar refractivity (Wildman–Crippen MR) is 97.3 cm³/mol. The fourth-order valence-electron chi connectivity index (χ4n) is 3.43. The summed E-state index contributed by atoms with van der Waals surface area (Å²) in [6.07, 6.45) is 3.27. The zero-order valence-corrected chi connectivity index (χ0v) is 14.3. The third-order valence-electron chi connectivity index (χ3n) is 4.80. The number of rotatable bonds is 4. The summed E-state index contributed by atoms with van der Waals surface area (Å²) in [6.45, 7) is 0. The van der Waals surface area contributed by atoms with E-state index >= 15 is 0 Å². The summed E-state index contributed by atoms with van der Waals surface area (Å²) in [5.41, 5.74) is 1.12. The minimum absolute atomic E-state index is 0.136. The van der Waals surface area contributed by atoms with E-state index in [2.05, 4.69) is 29.6 Å². The molecule has 0 atom stereocenters. The number of nitrogens with one attached hydrogen (secondary N) is 1. The Kier molecular flexibility index (Phi) is 5.22. The highest BCUT2D eigenvalue weighted by Gasteiger charge is 2.35. The van der Waals surface area contributed by atoms with E-state index in [0.29, 0.717) is 29.5 Å². The van der Waals surface area contributed by atoms with Crippen LogP contribution in [-0.2, 0) is 4.79 Å². The SMILES string of the molecule is O=C(C[C@]1(O)CC[C@@H](c2ccccc2)CC1)Nc1ccc(Cl)cc1. The fourth-order valence-corrected chi connectivity index (χ4v) is 3.55. The lowest BCUT2D eigenvalue weighted by Crippen LogP contribution is -2.37. The Labute approximate surface area is 147 Å². The Balaban J connectivity index is 1.54. The van der Waals surface area contributed by atoms with Gasteiger partial charge in [0.05, 0.1) is 12.0 Å². The van der Waals surface area contributed by atoms with Gasteiger partial charge in [-0.2, -0.15) is 0 Å². The molecule has 2 N–H and O–H groups in total. The number of halogens is 1. The molecule has 24 heavy (non-hydrogen) atoms. The average Bonchev–Trinajstić information content (AvgIpc) is 2.58. The summed E-state index contributed by atoms with van der Waals surface area (Å²) in [5, 5.41) is 14.2. The molecule has 1 amide bonds. The molecule has 2 aromatic rings. The van der Waals surface area contributed by atoms with Gasteiger partial charge < -0.3 is 10.4 Å². The largest absolute Gasteiger partial charge is 0.389 e. The van der Waals surface area contributed by atoms with Crippen molar-refractivity contribution >= 4 is 23.2 Å². The minimum atomic E-state index is -0.901. The summed E-state index contributed by atoms with van der Waals surface area (Å²) < 4.78 is 0. The van der Waals surface area contributed by atoms with E-state index in [1.54, 1.807) is 24.3 Å². The zero-order chi connectivity index (χ0) is 17.0. The van der Waals surface area contributed by atoms with Gasteiger partial charge in [0.2, 0.25) is 5.91 Å². The van der Waals surface area contributed by atoms with E-state index in [1.807, 2.05) is 6.07 Å². The van der Waals surface area contributed by atoms with Crippen molar-refractivity contribution < 1.29 is 9.90 Å². The van der Waals surface area contributed by atoms with Gasteiger partial charge in [-0.25, -0.2) is 0 Å². The van der Waals surface area contributed by atoms with E-state index in [9.17, 15) is 9.90 Å². The van der Waals surface area contributed by atoms with Crippen LogP contribution < -0.4 is 5.32 Å². The lowest BCUT2D eigenvalue weighted by Gasteiger charge is -2.35. The molecule has 1 fully saturated rings. The van der Waals surface area contributed by atoms with Crippen LogP contribution in [0, 0.1) is 0 Å². The molecule has 0 saturated heterocycles. The molecule has 0 radical (unpaired) electrons. The van der Waals surface area contributed by atoms with Crippen molar-refractivity contribution in [2.75, 3.05) is 5.32 Å². The molecule has 0 spiro atoms. The van der Waals surface area contributed by atoms with Crippen LogP contribution in [0.25, 0.3) is 0 Å². The second-order valence-electron chi connectivity index (χ2n) is 6.64. The van der Waals surface area contributed by atoms with Crippen molar-refractivity contribution in [3.05, 3.63) is 65.2 Å². The Hall–Kier alpha value is -1.84. The molecular weight excluding hydrogens is 322 g/mol. The maximum Gasteiger partial charge on any atom is 0.227 e. The minimum Gasteiger partial charge on any atom is -0.389 e. The second kappa shape index (κ2) is 7.37. The molecule has 4 heteroatoms. The van der Waals surface area contributed by atoms with Gasteiger partial charge in [-0.15, -0.1) is 0 Å². The molecule has 0 aliphatic heterocycles. The third kappa shape index (κ3) is 4.37. The maximum atomic E-state index is 12.2. The summed E-state index contributed by atoms with van der Waals surface area (Å²) in [4.78, 5) is 12.2. The summed E-state index contributed by atoms with van der Waals surface area (Å²) in [5.74, 6) is 0.323. The number of aliphatic hydroxyl groups is 1. The normalized spacial score (nSPS) is 23.7. The van der Waals surface area contributed by atoms with Crippen LogP contribution in [-0.4, -0.2) is 16.6 Å². The van der Waals surface area contributed by atoms with Gasteiger partial charge in [0, 0.05) is 10.7 Å². The number of hydrogen-bond donors (Lipinski definition) is 2. The van der Waals surface area contributed by atoms with Crippen molar-refractivity contribution in [3.8, 4) is 0 Å². The molecule has 0 aromatic heterocycles. The van der Waals surface area contributed by atoms with Crippen molar-refractivity contribution in [1.29, 1.82) is 0 Å². The first-order valence-electron chi connectivity index (χ1n) is 8.37. The van der Waals surface area contributed by atoms with Crippen molar-refractivity contribution in [2.45, 2.75) is 43.6 Å². The smallest absolute Gasteiger partial charge is 0.227 e. The maximum absolute atomic E-state index is 12.2. The molecule has 2 aromatic carbocycles. The third-order valence-corrected chi connectivity index (χ3v) is 5.06. The first-order chi connectivity index (χ1) is 11.5. The molecule has 0 unspecified atom stereocenters. The number of carbonyl (C=O) groups excluding carboxylic acids is 1. The number of amides is 1. The van der Waals surface area contributed by atoms with Gasteiger partial charge in [-0.1, -0.05) is 41.9 Å². The Morgan fingerprint density at radius 2 is 1.71 bits per heavy atom. The molecule has 1 saturated carbocycles. The predicted octanol–water partition coefficient (Wildman–Crippen LogP) is 4.76. The van der Waals surface area contributed by atoms with Crippen LogP contribution in [0.1, 0.15) is 43.6 Å². The van der Waals surface area contributed by atoms with E-state index in [4.69, 9.17) is 11.6 Å². The number of carbonyl (C=O) groups is 1. The molecule has 3 rings (SSSR count). The van der Waals surface area contributed by atoms with Crippen LogP contribution in [0.3, 0.4) is 0 Å². The van der Waals surface area contributed by atoms with Crippen LogP contribution in [0.5, 0.6) is 0 Å².